The maximum atomic E-state index is 13.0. The van der Waals surface area contributed by atoms with Crippen molar-refractivity contribution in [1.29, 1.82) is 0 Å². The van der Waals surface area contributed by atoms with Crippen LogP contribution in [0.25, 0.3) is 5.69 Å². The number of hydrogen-bond acceptors (Lipinski definition) is 3. The van der Waals surface area contributed by atoms with Crippen molar-refractivity contribution in [2.24, 2.45) is 11.7 Å². The highest BCUT2D eigenvalue weighted by atomic mass is 16.2. The molecule has 172 valence electrons. The van der Waals surface area contributed by atoms with Crippen molar-refractivity contribution in [3.05, 3.63) is 83.2 Å². The van der Waals surface area contributed by atoms with Gasteiger partial charge in [-0.25, -0.2) is 0 Å². The molecule has 4 rings (SSSR count). The Balaban J connectivity index is 1.34. The Kier molecular flexibility index (Phi) is 6.94. The van der Waals surface area contributed by atoms with Crippen molar-refractivity contribution < 1.29 is 9.59 Å². The van der Waals surface area contributed by atoms with Crippen LogP contribution in [0.4, 0.5) is 5.69 Å². The molecule has 0 spiro atoms. The molecule has 1 saturated heterocycles. The van der Waals surface area contributed by atoms with Gasteiger partial charge < -0.3 is 20.5 Å². The van der Waals surface area contributed by atoms with E-state index in [4.69, 9.17) is 5.73 Å². The van der Waals surface area contributed by atoms with Gasteiger partial charge in [0.25, 0.3) is 5.91 Å². The van der Waals surface area contributed by atoms with Gasteiger partial charge in [0.1, 0.15) is 0 Å². The number of nitrogens with two attached hydrogens (primary N) is 1. The molecule has 1 aliphatic heterocycles. The number of primary amides is 1. The molecule has 1 aromatic heterocycles. The highest BCUT2D eigenvalue weighted by molar-refractivity contribution is 6.05. The largest absolute Gasteiger partial charge is 0.369 e. The van der Waals surface area contributed by atoms with Crippen molar-refractivity contribution in [2.75, 3.05) is 25.0 Å². The fourth-order valence-corrected chi connectivity index (χ4v) is 4.65. The maximum absolute atomic E-state index is 13.0. The van der Waals surface area contributed by atoms with Gasteiger partial charge in [-0.1, -0.05) is 30.3 Å². The molecule has 33 heavy (non-hydrogen) atoms. The number of piperidine rings is 1. The van der Waals surface area contributed by atoms with Crippen LogP contribution in [0, 0.1) is 19.8 Å². The van der Waals surface area contributed by atoms with E-state index >= 15 is 0 Å². The summed E-state index contributed by atoms with van der Waals surface area (Å²) < 4.78 is 2.10. The van der Waals surface area contributed by atoms with E-state index < -0.39 is 0 Å². The molecule has 2 amide bonds. The minimum Gasteiger partial charge on any atom is -0.369 e. The molecule has 0 bridgehead atoms. The lowest BCUT2D eigenvalue weighted by Crippen LogP contribution is -2.39. The van der Waals surface area contributed by atoms with Crippen LogP contribution in [0.5, 0.6) is 0 Å². The molecule has 6 nitrogen and oxygen atoms in total. The number of carbonyl (C=O) groups is 2. The molecule has 0 aliphatic carbocycles. The lowest BCUT2D eigenvalue weighted by atomic mass is 9.96. The van der Waals surface area contributed by atoms with Crippen LogP contribution >= 0.6 is 0 Å². The summed E-state index contributed by atoms with van der Waals surface area (Å²) >= 11 is 0. The molecule has 2 aromatic carbocycles. The van der Waals surface area contributed by atoms with Crippen LogP contribution in [0.3, 0.4) is 0 Å². The van der Waals surface area contributed by atoms with E-state index in [1.54, 1.807) is 0 Å². The predicted molar refractivity (Wildman–Crippen MR) is 132 cm³/mol. The molecule has 0 atom stereocenters. The van der Waals surface area contributed by atoms with Gasteiger partial charge in [-0.05, 0) is 82.1 Å². The van der Waals surface area contributed by atoms with E-state index in [1.165, 1.54) is 5.56 Å². The maximum Gasteiger partial charge on any atom is 0.257 e. The summed E-state index contributed by atoms with van der Waals surface area (Å²) in [5.74, 6) is -0.245. The third-order valence-electron chi connectivity index (χ3n) is 6.61. The number of hydrogen-bond donors (Lipinski definition) is 2. The number of benzene rings is 2. The number of aryl methyl sites for hydroxylation is 1. The van der Waals surface area contributed by atoms with Crippen LogP contribution in [0.15, 0.2) is 60.7 Å². The SMILES string of the molecule is Cc1cc(C(=O)Nc2ccc(CCN3CCC(C(N)=O)CC3)cc2)c(C)n1-c1ccccc1. The van der Waals surface area contributed by atoms with Gasteiger partial charge >= 0.3 is 0 Å². The fourth-order valence-electron chi connectivity index (χ4n) is 4.65. The number of carbonyl (C=O) groups excluding carboxylic acids is 2. The summed E-state index contributed by atoms with van der Waals surface area (Å²) in [6, 6.07) is 20.1. The monoisotopic (exact) mass is 444 g/mol. The van der Waals surface area contributed by atoms with E-state index in [1.807, 2.05) is 62.4 Å². The predicted octanol–water partition coefficient (Wildman–Crippen LogP) is 4.09. The van der Waals surface area contributed by atoms with Gasteiger partial charge in [-0.2, -0.15) is 0 Å². The Morgan fingerprint density at radius 1 is 1.00 bits per heavy atom. The van der Waals surface area contributed by atoms with E-state index in [9.17, 15) is 9.59 Å². The minimum atomic E-state index is -0.172. The van der Waals surface area contributed by atoms with Gasteiger partial charge in [-0.15, -0.1) is 0 Å². The molecular formula is C27H32N4O2. The zero-order valence-corrected chi connectivity index (χ0v) is 19.4. The first-order valence-corrected chi connectivity index (χ1v) is 11.6. The Morgan fingerprint density at radius 3 is 2.30 bits per heavy atom. The average molecular weight is 445 g/mol. The van der Waals surface area contributed by atoms with Crippen LogP contribution in [0.1, 0.15) is 40.2 Å². The molecular weight excluding hydrogens is 412 g/mol. The van der Waals surface area contributed by atoms with Gasteiger partial charge in [0.2, 0.25) is 5.91 Å². The topological polar surface area (TPSA) is 80.4 Å². The number of likely N-dealkylation sites (tertiary alicyclic amines) is 1. The Hall–Kier alpha value is -3.38. The van der Waals surface area contributed by atoms with Gasteiger partial charge in [0, 0.05) is 35.2 Å². The highest BCUT2D eigenvalue weighted by Gasteiger charge is 2.22. The van der Waals surface area contributed by atoms with Crippen LogP contribution in [-0.4, -0.2) is 40.9 Å². The molecule has 3 N–H and O–H groups in total. The third kappa shape index (κ3) is 5.34. The third-order valence-corrected chi connectivity index (χ3v) is 6.61. The van der Waals surface area contributed by atoms with Crippen LogP contribution in [-0.2, 0) is 11.2 Å². The molecule has 1 aliphatic rings. The number of nitrogens with zero attached hydrogens (tertiary/aromatic N) is 2. The molecule has 0 radical (unpaired) electrons. The first kappa shape index (κ1) is 22.8. The Bertz CT molecular complexity index is 1110. The quantitative estimate of drug-likeness (QED) is 0.576. The number of anilines is 1. The molecule has 0 saturated carbocycles. The van der Waals surface area contributed by atoms with E-state index in [2.05, 4.69) is 26.9 Å². The Morgan fingerprint density at radius 2 is 1.67 bits per heavy atom. The summed E-state index contributed by atoms with van der Waals surface area (Å²) in [6.45, 7) is 6.79. The van der Waals surface area contributed by atoms with Crippen molar-refractivity contribution in [2.45, 2.75) is 33.1 Å². The van der Waals surface area contributed by atoms with Gasteiger partial charge in [0.05, 0.1) is 5.56 Å². The number of para-hydroxylation sites is 1. The summed E-state index contributed by atoms with van der Waals surface area (Å²) in [5, 5.41) is 3.03. The molecule has 0 unspecified atom stereocenters. The molecule has 2 heterocycles. The molecule has 6 heteroatoms. The van der Waals surface area contributed by atoms with Crippen molar-refractivity contribution in [1.82, 2.24) is 9.47 Å². The van der Waals surface area contributed by atoms with Crippen molar-refractivity contribution in [3.63, 3.8) is 0 Å². The van der Waals surface area contributed by atoms with Gasteiger partial charge in [-0.3, -0.25) is 9.59 Å². The summed E-state index contributed by atoms with van der Waals surface area (Å²) in [7, 11) is 0. The second-order valence-corrected chi connectivity index (χ2v) is 8.88. The zero-order valence-electron chi connectivity index (χ0n) is 19.4. The van der Waals surface area contributed by atoms with Crippen LogP contribution < -0.4 is 11.1 Å². The normalized spacial score (nSPS) is 14.8. The smallest absolute Gasteiger partial charge is 0.257 e. The first-order valence-electron chi connectivity index (χ1n) is 11.6. The number of nitrogens with one attached hydrogen (secondary N) is 1. The average Bonchev–Trinajstić information content (AvgIpc) is 3.13. The van der Waals surface area contributed by atoms with Crippen molar-refractivity contribution in [3.8, 4) is 5.69 Å². The van der Waals surface area contributed by atoms with Crippen LogP contribution in [0.2, 0.25) is 0 Å². The van der Waals surface area contributed by atoms with Crippen molar-refractivity contribution >= 4 is 17.5 Å². The second-order valence-electron chi connectivity index (χ2n) is 8.88. The lowest BCUT2D eigenvalue weighted by Gasteiger charge is -2.30. The van der Waals surface area contributed by atoms with E-state index in [0.29, 0.717) is 5.56 Å². The summed E-state index contributed by atoms with van der Waals surface area (Å²) in [5.41, 5.74) is 11.1. The Labute approximate surface area is 195 Å². The fraction of sp³-hybridized carbons (Fsp3) is 0.333. The second kappa shape index (κ2) is 10.0. The van der Waals surface area contributed by atoms with E-state index in [0.717, 1.165) is 61.7 Å². The zero-order chi connectivity index (χ0) is 23.4. The number of aromatic nitrogens is 1. The van der Waals surface area contributed by atoms with E-state index in [-0.39, 0.29) is 17.7 Å². The van der Waals surface area contributed by atoms with Gasteiger partial charge in [0.15, 0.2) is 0 Å². The molecule has 3 aromatic rings. The summed E-state index contributed by atoms with van der Waals surface area (Å²) in [6.07, 6.45) is 2.64. The minimum absolute atomic E-state index is 0.0289. The highest BCUT2D eigenvalue weighted by Crippen LogP contribution is 2.22. The number of rotatable bonds is 7. The lowest BCUT2D eigenvalue weighted by molar-refractivity contribution is -0.123. The summed E-state index contributed by atoms with van der Waals surface area (Å²) in [4.78, 5) is 26.7. The molecule has 1 fully saturated rings. The number of amides is 2. The first-order chi connectivity index (χ1) is 15.9. The standard InChI is InChI=1S/C27H32N4O2/c1-19-18-25(20(2)31(19)24-6-4-3-5-7-24)27(33)29-23-10-8-21(9-11-23)12-15-30-16-13-22(14-17-30)26(28)32/h3-11,18,22H,12-17H2,1-2H3,(H2,28,32)(H,29,33).